The zero-order valence-corrected chi connectivity index (χ0v) is 5.46. The third kappa shape index (κ3) is 0.533. The molecular formula is C8H8O2. The average molecular weight is 136 g/mol. The van der Waals surface area contributed by atoms with E-state index in [0.29, 0.717) is 0 Å². The van der Waals surface area contributed by atoms with Gasteiger partial charge in [-0.3, -0.25) is 0 Å². The van der Waals surface area contributed by atoms with Crippen LogP contribution in [0.5, 0.6) is 11.5 Å². The van der Waals surface area contributed by atoms with Crippen LogP contribution < -0.4 is 0 Å². The molecule has 2 rings (SSSR count). The minimum absolute atomic E-state index is 0.00144. The third-order valence-corrected chi connectivity index (χ3v) is 2.00. The molecule has 0 atom stereocenters. The van der Waals surface area contributed by atoms with E-state index in [1.807, 2.05) is 6.07 Å². The fourth-order valence-corrected chi connectivity index (χ4v) is 1.26. The zero-order valence-electron chi connectivity index (χ0n) is 5.46. The lowest BCUT2D eigenvalue weighted by Crippen LogP contribution is -2.07. The van der Waals surface area contributed by atoms with Crippen LogP contribution in [0.3, 0.4) is 0 Å². The van der Waals surface area contributed by atoms with Gasteiger partial charge in [0.15, 0.2) is 11.5 Å². The number of aryl methyl sites for hydroxylation is 1. The smallest absolute Gasteiger partial charge is 0.160 e. The van der Waals surface area contributed by atoms with E-state index in [2.05, 4.69) is 0 Å². The molecule has 2 nitrogen and oxygen atoms in total. The molecule has 0 saturated carbocycles. The topological polar surface area (TPSA) is 40.5 Å². The molecule has 1 aromatic carbocycles. The van der Waals surface area contributed by atoms with Crippen LogP contribution in [0, 0.1) is 0 Å². The molecule has 1 aliphatic rings. The summed E-state index contributed by atoms with van der Waals surface area (Å²) >= 11 is 0. The van der Waals surface area contributed by atoms with Crippen molar-refractivity contribution in [2.45, 2.75) is 12.8 Å². The van der Waals surface area contributed by atoms with Crippen LogP contribution in [0.15, 0.2) is 12.1 Å². The van der Waals surface area contributed by atoms with Gasteiger partial charge in [-0.15, -0.1) is 0 Å². The summed E-state index contributed by atoms with van der Waals surface area (Å²) in [7, 11) is 0. The summed E-state index contributed by atoms with van der Waals surface area (Å²) in [6.07, 6.45) is 1.93. The quantitative estimate of drug-likeness (QED) is 0.526. The van der Waals surface area contributed by atoms with E-state index in [1.165, 1.54) is 6.07 Å². The van der Waals surface area contributed by atoms with Crippen molar-refractivity contribution >= 4 is 0 Å². The second kappa shape index (κ2) is 1.66. The highest BCUT2D eigenvalue weighted by Crippen LogP contribution is 2.37. The minimum Gasteiger partial charge on any atom is -0.504 e. The maximum absolute atomic E-state index is 9.19. The molecule has 52 valence electrons. The van der Waals surface area contributed by atoms with Gasteiger partial charge in [0.1, 0.15) is 0 Å². The van der Waals surface area contributed by atoms with E-state index in [0.717, 1.165) is 24.0 Å². The first-order chi connectivity index (χ1) is 4.79. The first kappa shape index (κ1) is 5.59. The van der Waals surface area contributed by atoms with Crippen LogP contribution in [0.2, 0.25) is 0 Å². The molecule has 0 aromatic heterocycles. The number of rotatable bonds is 0. The number of hydrogen-bond acceptors (Lipinski definition) is 2. The standard InChI is InChI=1S/C8H8O2/c9-7-4-2-5-1-3-6(5)8(7)10/h2,4,9-10H,1,3H2. The van der Waals surface area contributed by atoms with Crippen molar-refractivity contribution in [2.24, 2.45) is 0 Å². The number of phenols is 2. The molecule has 0 unspecified atom stereocenters. The molecule has 0 saturated heterocycles. The van der Waals surface area contributed by atoms with Crippen LogP contribution >= 0.6 is 0 Å². The molecule has 2 N–H and O–H groups in total. The highest BCUT2D eigenvalue weighted by molar-refractivity contribution is 5.53. The van der Waals surface area contributed by atoms with Gasteiger partial charge in [-0.2, -0.15) is 0 Å². The summed E-state index contributed by atoms with van der Waals surface area (Å²) in [5, 5.41) is 18.2. The van der Waals surface area contributed by atoms with Crippen LogP contribution in [-0.2, 0) is 12.8 Å². The second-order valence-corrected chi connectivity index (χ2v) is 2.57. The Labute approximate surface area is 58.7 Å². The van der Waals surface area contributed by atoms with Gasteiger partial charge in [0.25, 0.3) is 0 Å². The van der Waals surface area contributed by atoms with Gasteiger partial charge in [0, 0.05) is 5.56 Å². The number of fused-ring (bicyclic) bond motifs is 1. The molecule has 0 fully saturated rings. The first-order valence-electron chi connectivity index (χ1n) is 3.32. The van der Waals surface area contributed by atoms with Crippen molar-refractivity contribution in [3.63, 3.8) is 0 Å². The maximum atomic E-state index is 9.19. The van der Waals surface area contributed by atoms with E-state index >= 15 is 0 Å². The summed E-state index contributed by atoms with van der Waals surface area (Å²) in [6.45, 7) is 0. The maximum Gasteiger partial charge on any atom is 0.160 e. The minimum atomic E-state index is -0.00144. The van der Waals surface area contributed by atoms with Crippen molar-refractivity contribution in [1.82, 2.24) is 0 Å². The van der Waals surface area contributed by atoms with Crippen molar-refractivity contribution in [3.05, 3.63) is 23.3 Å². The van der Waals surface area contributed by atoms with Gasteiger partial charge in [-0.05, 0) is 24.5 Å². The summed E-state index contributed by atoms with van der Waals surface area (Å²) in [6, 6.07) is 3.39. The fraction of sp³-hybridized carbons (Fsp3) is 0.250. The van der Waals surface area contributed by atoms with Gasteiger partial charge in [0.05, 0.1) is 0 Å². The number of benzene rings is 1. The van der Waals surface area contributed by atoms with Crippen molar-refractivity contribution in [2.75, 3.05) is 0 Å². The molecule has 0 spiro atoms. The highest BCUT2D eigenvalue weighted by atomic mass is 16.3. The monoisotopic (exact) mass is 136 g/mol. The Bertz CT molecular complexity index is 264. The van der Waals surface area contributed by atoms with E-state index in [4.69, 9.17) is 5.11 Å². The van der Waals surface area contributed by atoms with Crippen LogP contribution in [-0.4, -0.2) is 10.2 Å². The molecule has 10 heavy (non-hydrogen) atoms. The summed E-state index contributed by atoms with van der Waals surface area (Å²) in [4.78, 5) is 0. The Hall–Kier alpha value is -1.18. The van der Waals surface area contributed by atoms with Gasteiger partial charge < -0.3 is 10.2 Å². The highest BCUT2D eigenvalue weighted by Gasteiger charge is 2.18. The van der Waals surface area contributed by atoms with Gasteiger partial charge in [-0.25, -0.2) is 0 Å². The lowest BCUT2D eigenvalue weighted by molar-refractivity contribution is 0.395. The summed E-state index contributed by atoms with van der Waals surface area (Å²) < 4.78 is 0. The largest absolute Gasteiger partial charge is 0.504 e. The number of phenolic OH excluding ortho intramolecular Hbond substituents is 2. The molecular weight excluding hydrogens is 128 g/mol. The molecule has 1 aromatic rings. The number of hydrogen-bond donors (Lipinski definition) is 2. The fourth-order valence-electron chi connectivity index (χ4n) is 1.26. The average Bonchev–Trinajstić information content (AvgIpc) is 1.82. The first-order valence-corrected chi connectivity index (χ1v) is 3.32. The van der Waals surface area contributed by atoms with E-state index < -0.39 is 0 Å². The number of aromatic hydroxyl groups is 2. The molecule has 2 heteroatoms. The van der Waals surface area contributed by atoms with E-state index in [-0.39, 0.29) is 11.5 Å². The van der Waals surface area contributed by atoms with Crippen molar-refractivity contribution in [3.8, 4) is 11.5 Å². The summed E-state index contributed by atoms with van der Waals surface area (Å²) in [5.74, 6) is 0.0715. The summed E-state index contributed by atoms with van der Waals surface area (Å²) in [5.41, 5.74) is 2.08. The Morgan fingerprint density at radius 1 is 1.10 bits per heavy atom. The van der Waals surface area contributed by atoms with Crippen LogP contribution in [0.1, 0.15) is 11.1 Å². The SMILES string of the molecule is Oc1ccc2c(c1O)CC2. The zero-order chi connectivity index (χ0) is 7.14. The van der Waals surface area contributed by atoms with Gasteiger partial charge in [0.2, 0.25) is 0 Å². The molecule has 0 aliphatic heterocycles. The Balaban J connectivity index is 2.66. The molecule has 0 bridgehead atoms. The third-order valence-electron chi connectivity index (χ3n) is 2.00. The Morgan fingerprint density at radius 2 is 1.90 bits per heavy atom. The van der Waals surface area contributed by atoms with Gasteiger partial charge >= 0.3 is 0 Å². The predicted molar refractivity (Wildman–Crippen MR) is 37.2 cm³/mol. The molecule has 0 amide bonds. The van der Waals surface area contributed by atoms with Crippen molar-refractivity contribution < 1.29 is 10.2 Å². The predicted octanol–water partition coefficient (Wildman–Crippen LogP) is 1.20. The normalized spacial score (nSPS) is 14.0. The van der Waals surface area contributed by atoms with Crippen LogP contribution in [0.25, 0.3) is 0 Å². The van der Waals surface area contributed by atoms with Crippen LogP contribution in [0.4, 0.5) is 0 Å². The lowest BCUT2D eigenvalue weighted by Gasteiger charge is -2.19. The lowest BCUT2D eigenvalue weighted by atomic mass is 9.88. The molecule has 0 heterocycles. The van der Waals surface area contributed by atoms with Crippen molar-refractivity contribution in [1.29, 1.82) is 0 Å². The van der Waals surface area contributed by atoms with E-state index in [1.54, 1.807) is 0 Å². The van der Waals surface area contributed by atoms with E-state index in [9.17, 15) is 5.11 Å². The second-order valence-electron chi connectivity index (χ2n) is 2.57. The van der Waals surface area contributed by atoms with Gasteiger partial charge in [-0.1, -0.05) is 6.07 Å². The molecule has 1 aliphatic carbocycles. The Kier molecular flexibility index (Phi) is 0.926. The Morgan fingerprint density at radius 3 is 2.40 bits per heavy atom. The molecule has 0 radical (unpaired) electrons.